The van der Waals surface area contributed by atoms with Crippen molar-refractivity contribution in [3.05, 3.63) is 94.0 Å². The molecule has 62 heavy (non-hydrogen) atoms. The molecule has 346 valence electrons. The van der Waals surface area contributed by atoms with Gasteiger partial charge in [0, 0.05) is 44.6 Å². The van der Waals surface area contributed by atoms with Crippen molar-refractivity contribution >= 4 is 23.1 Å². The second-order valence-electron chi connectivity index (χ2n) is 15.9. The molecule has 3 aromatic carbocycles. The number of Topliss-reactive ketones (excluding diaryl/α,β-unsaturated/α-hetero) is 1. The topological polar surface area (TPSA) is 98.7 Å². The van der Waals surface area contributed by atoms with Crippen molar-refractivity contribution in [1.29, 1.82) is 0 Å². The number of rotatable bonds is 15. The van der Waals surface area contributed by atoms with Crippen molar-refractivity contribution in [2.45, 2.75) is 121 Å². The van der Waals surface area contributed by atoms with Gasteiger partial charge >= 0.3 is 36.6 Å². The normalized spacial score (nSPS) is 14.2. The van der Waals surface area contributed by atoms with Gasteiger partial charge in [-0.25, -0.2) is 0 Å². The smallest absolute Gasteiger partial charge is 0.380 e. The third-order valence-corrected chi connectivity index (χ3v) is 10.3. The second-order valence-corrected chi connectivity index (χ2v) is 15.9. The highest BCUT2D eigenvalue weighted by molar-refractivity contribution is 5.97. The number of hydrogen-bond acceptors (Lipinski definition) is 5. The fourth-order valence-corrected chi connectivity index (χ4v) is 6.38. The summed E-state index contributed by atoms with van der Waals surface area (Å²) < 4.78 is 231. The van der Waals surface area contributed by atoms with Gasteiger partial charge in [-0.2, -0.15) is 70.2 Å². The molecule has 0 bridgehead atoms. The van der Waals surface area contributed by atoms with Crippen LogP contribution in [0.15, 0.2) is 60.7 Å². The molecule has 0 spiro atoms. The van der Waals surface area contributed by atoms with Crippen LogP contribution >= 0.6 is 0 Å². The van der Waals surface area contributed by atoms with Crippen molar-refractivity contribution in [3.8, 4) is 0 Å². The number of benzene rings is 3. The van der Waals surface area contributed by atoms with Crippen molar-refractivity contribution < 1.29 is 90.0 Å². The van der Waals surface area contributed by atoms with Crippen LogP contribution in [-0.2, 0) is 39.1 Å². The lowest BCUT2D eigenvalue weighted by molar-refractivity contribution is -0.376. The van der Waals surface area contributed by atoms with E-state index >= 15 is 8.78 Å². The van der Waals surface area contributed by atoms with Crippen molar-refractivity contribution in [1.82, 2.24) is 0 Å². The molecule has 0 heterocycles. The van der Waals surface area contributed by atoms with Gasteiger partial charge in [0.05, 0.1) is 0 Å². The first-order chi connectivity index (χ1) is 27.8. The van der Waals surface area contributed by atoms with Gasteiger partial charge in [0.2, 0.25) is 5.78 Å². The molecule has 0 aliphatic carbocycles. The number of aliphatic hydroxyl groups is 2. The quantitative estimate of drug-likeness (QED) is 0.114. The Hall–Kier alpha value is -4.60. The average molecular weight is 917 g/mol. The molecule has 4 N–H and O–H groups in total. The molecule has 0 saturated heterocycles. The summed E-state index contributed by atoms with van der Waals surface area (Å²) >= 11 is 0. The summed E-state index contributed by atoms with van der Waals surface area (Å²) in [5.41, 5.74) is -25.4. The van der Waals surface area contributed by atoms with Gasteiger partial charge in [0.25, 0.3) is 17.1 Å². The number of halogens is 16. The second kappa shape index (κ2) is 16.8. The SMILES string of the molecule is CCCC(C)(C)Nc1ccc(Cc2ccc(NC(=O)C(F)(F)c3ccc(C(F)(F)C(=O)C(C)(C)CC)cc3)c(C(O)(C(F)(F)F)C(F)(F)F)c2)cc1C(O)(C(F)(F)F)C(F)(F)F. The first kappa shape index (κ1) is 51.7. The number of amides is 1. The fraction of sp³-hybridized carbons (Fsp3) is 0.500. The lowest BCUT2D eigenvalue weighted by Gasteiger charge is -2.36. The third-order valence-electron chi connectivity index (χ3n) is 10.3. The Morgan fingerprint density at radius 3 is 1.29 bits per heavy atom. The maximum absolute atomic E-state index is 15.5. The molecule has 0 fully saturated rings. The predicted octanol–water partition coefficient (Wildman–Crippen LogP) is 11.7. The van der Waals surface area contributed by atoms with Crippen LogP contribution in [0.3, 0.4) is 0 Å². The zero-order chi connectivity index (χ0) is 48.1. The standard InChI is InChI=1S/C40H40F16N2O4/c1-7-17-32(5,6)58-28-16-10-22(20-26(28)36(62,39(51,52)53)40(54,55)56)18-21-9-15-27(25(19-21)35(61,37(45,46)47)38(48,49)50)57-30(60)34(43,44)24-13-11-23(12-14-24)33(41,42)29(59)31(3,4)8-2/h9-16,19-20,58,61-62H,7-8,17-18H2,1-6H3,(H,57,60). The first-order valence-electron chi connectivity index (χ1n) is 18.3. The minimum absolute atomic E-state index is 0.0592. The highest BCUT2D eigenvalue weighted by atomic mass is 19.4. The third kappa shape index (κ3) is 9.79. The van der Waals surface area contributed by atoms with Crippen LogP contribution in [0.25, 0.3) is 0 Å². The molecule has 1 amide bonds. The summed E-state index contributed by atoms with van der Waals surface area (Å²) in [6.07, 6.45) is -27.1. The van der Waals surface area contributed by atoms with Crippen LogP contribution in [0.4, 0.5) is 81.6 Å². The Kier molecular flexibility index (Phi) is 14.1. The molecule has 0 atom stereocenters. The summed E-state index contributed by atoms with van der Waals surface area (Å²) in [4.78, 5) is 25.4. The summed E-state index contributed by atoms with van der Waals surface area (Å²) in [6, 6.07) is 3.27. The Morgan fingerprint density at radius 1 is 0.548 bits per heavy atom. The van der Waals surface area contributed by atoms with Gasteiger partial charge < -0.3 is 20.8 Å². The van der Waals surface area contributed by atoms with Crippen molar-refractivity contribution in [2.75, 3.05) is 10.6 Å². The Morgan fingerprint density at radius 2 is 0.919 bits per heavy atom. The summed E-state index contributed by atoms with van der Waals surface area (Å²) in [7, 11) is 0. The maximum Gasteiger partial charge on any atom is 0.430 e. The number of alkyl halides is 16. The molecule has 0 aromatic heterocycles. The number of nitrogens with one attached hydrogen (secondary N) is 2. The van der Waals surface area contributed by atoms with Gasteiger partial charge in [0.15, 0.2) is 0 Å². The lowest BCUT2D eigenvalue weighted by atomic mass is 9.80. The molecule has 0 radical (unpaired) electrons. The molecule has 6 nitrogen and oxygen atoms in total. The van der Waals surface area contributed by atoms with Crippen molar-refractivity contribution in [3.63, 3.8) is 0 Å². The summed E-state index contributed by atoms with van der Waals surface area (Å²) in [5, 5.41) is 24.3. The minimum Gasteiger partial charge on any atom is -0.380 e. The van der Waals surface area contributed by atoms with Gasteiger partial charge in [0.1, 0.15) is 0 Å². The van der Waals surface area contributed by atoms with Crippen LogP contribution in [0.5, 0.6) is 0 Å². The largest absolute Gasteiger partial charge is 0.430 e. The van der Waals surface area contributed by atoms with E-state index in [1.54, 1.807) is 6.92 Å². The highest BCUT2D eigenvalue weighted by Gasteiger charge is 2.73. The van der Waals surface area contributed by atoms with E-state index in [4.69, 9.17) is 0 Å². The van der Waals surface area contributed by atoms with Crippen LogP contribution in [0.1, 0.15) is 94.2 Å². The van der Waals surface area contributed by atoms with Crippen molar-refractivity contribution in [2.24, 2.45) is 5.41 Å². The number of ketones is 1. The Labute approximate surface area is 343 Å². The van der Waals surface area contributed by atoms with E-state index in [0.29, 0.717) is 30.7 Å². The van der Waals surface area contributed by atoms with E-state index in [9.17, 15) is 81.3 Å². The van der Waals surface area contributed by atoms with E-state index in [2.05, 4.69) is 5.32 Å². The van der Waals surface area contributed by atoms with E-state index in [-0.39, 0.29) is 43.2 Å². The van der Waals surface area contributed by atoms with Crippen LogP contribution < -0.4 is 10.6 Å². The molecule has 0 unspecified atom stereocenters. The molecule has 0 saturated carbocycles. The van der Waals surface area contributed by atoms with E-state index in [1.807, 2.05) is 0 Å². The lowest BCUT2D eigenvalue weighted by Crippen LogP contribution is -2.54. The summed E-state index contributed by atoms with van der Waals surface area (Å²) in [5.74, 6) is -13.4. The van der Waals surface area contributed by atoms with E-state index in [0.717, 1.165) is 11.4 Å². The molecule has 3 aromatic rings. The number of carbonyl (C=O) groups excluding carboxylic acids is 2. The zero-order valence-electron chi connectivity index (χ0n) is 33.4. The number of carbonyl (C=O) groups is 2. The zero-order valence-corrected chi connectivity index (χ0v) is 33.4. The monoisotopic (exact) mass is 916 g/mol. The van der Waals surface area contributed by atoms with E-state index < -0.39 is 122 Å². The van der Waals surface area contributed by atoms with Crippen LogP contribution in [0.2, 0.25) is 0 Å². The maximum atomic E-state index is 15.5. The fourth-order valence-electron chi connectivity index (χ4n) is 6.38. The number of anilines is 2. The molecule has 22 heteroatoms. The summed E-state index contributed by atoms with van der Waals surface area (Å²) in [6.45, 7) is 8.22. The molecular weight excluding hydrogens is 876 g/mol. The highest BCUT2D eigenvalue weighted by Crippen LogP contribution is 2.54. The van der Waals surface area contributed by atoms with Gasteiger partial charge in [-0.05, 0) is 68.5 Å². The van der Waals surface area contributed by atoms with Gasteiger partial charge in [-0.3, -0.25) is 9.59 Å². The van der Waals surface area contributed by atoms with E-state index in [1.165, 1.54) is 34.6 Å². The first-order valence-corrected chi connectivity index (χ1v) is 18.3. The van der Waals surface area contributed by atoms with Crippen LogP contribution in [-0.4, -0.2) is 52.1 Å². The van der Waals surface area contributed by atoms with Gasteiger partial charge in [-0.15, -0.1) is 0 Å². The Balaban J connectivity index is 2.22. The molecular formula is C40H40F16N2O4. The minimum atomic E-state index is -6.75. The van der Waals surface area contributed by atoms with Crippen LogP contribution in [0, 0.1) is 5.41 Å². The average Bonchev–Trinajstić information content (AvgIpc) is 3.12. The molecule has 0 aliphatic heterocycles. The number of hydrogen-bond donors (Lipinski definition) is 4. The molecule has 0 aliphatic rings. The predicted molar refractivity (Wildman–Crippen MR) is 192 cm³/mol. The van der Waals surface area contributed by atoms with Gasteiger partial charge in [-0.1, -0.05) is 70.5 Å². The Bertz CT molecular complexity index is 2070. The molecule has 3 rings (SSSR count).